The van der Waals surface area contributed by atoms with Crippen LogP contribution in [0.15, 0.2) is 54.1 Å². The van der Waals surface area contributed by atoms with Crippen LogP contribution in [-0.4, -0.2) is 29.4 Å². The van der Waals surface area contributed by atoms with Gasteiger partial charge in [-0.2, -0.15) is 0 Å². The standard InChI is InChI=1S/C19H14FN3O4S/c20-12-5-7-13(8-6-12)21-16(24)10-27-15-4-2-1-3-11(15)9-14-17(25)22-19(28)23-18(14)26/h1-9H,10H2,(H,21,24)(H2,22,23,25,26,28). The number of hydrogen-bond acceptors (Lipinski definition) is 5. The molecule has 0 bridgehead atoms. The van der Waals surface area contributed by atoms with E-state index in [2.05, 4.69) is 16.0 Å². The lowest BCUT2D eigenvalue weighted by atomic mass is 10.1. The maximum Gasteiger partial charge on any atom is 0.263 e. The smallest absolute Gasteiger partial charge is 0.263 e. The van der Waals surface area contributed by atoms with Crippen molar-refractivity contribution in [3.05, 3.63) is 65.5 Å². The molecule has 28 heavy (non-hydrogen) atoms. The van der Waals surface area contributed by atoms with Crippen molar-refractivity contribution in [1.82, 2.24) is 10.6 Å². The van der Waals surface area contributed by atoms with Crippen LogP contribution in [0.25, 0.3) is 6.08 Å². The van der Waals surface area contributed by atoms with Crippen LogP contribution in [0.2, 0.25) is 0 Å². The number of anilines is 1. The fourth-order valence-electron chi connectivity index (χ4n) is 2.37. The first-order valence-corrected chi connectivity index (χ1v) is 8.49. The van der Waals surface area contributed by atoms with E-state index in [9.17, 15) is 18.8 Å². The lowest BCUT2D eigenvalue weighted by Gasteiger charge is -2.17. The molecule has 0 aliphatic carbocycles. The highest BCUT2D eigenvalue weighted by Crippen LogP contribution is 2.22. The monoisotopic (exact) mass is 399 g/mol. The minimum Gasteiger partial charge on any atom is -0.483 e. The molecule has 1 heterocycles. The Kier molecular flexibility index (Phi) is 5.75. The minimum absolute atomic E-state index is 0.0610. The molecule has 1 aliphatic rings. The number of thiocarbonyl (C=S) groups is 1. The molecule has 1 aliphatic heterocycles. The summed E-state index contributed by atoms with van der Waals surface area (Å²) in [5.74, 6) is -1.81. The van der Waals surface area contributed by atoms with Gasteiger partial charge in [0.2, 0.25) is 0 Å². The third-order valence-corrected chi connectivity index (χ3v) is 3.85. The molecule has 3 rings (SSSR count). The van der Waals surface area contributed by atoms with Gasteiger partial charge in [-0.3, -0.25) is 25.0 Å². The summed E-state index contributed by atoms with van der Waals surface area (Å²) in [7, 11) is 0. The molecule has 1 saturated heterocycles. The van der Waals surface area contributed by atoms with Gasteiger partial charge in [0, 0.05) is 11.3 Å². The molecule has 3 amide bonds. The Labute approximate surface area is 164 Å². The second kappa shape index (κ2) is 8.40. The molecule has 0 atom stereocenters. The number of para-hydroxylation sites is 1. The highest BCUT2D eigenvalue weighted by atomic mass is 32.1. The summed E-state index contributed by atoms with van der Waals surface area (Å²) in [5, 5.41) is 7.19. The van der Waals surface area contributed by atoms with Crippen LogP contribution in [0.4, 0.5) is 10.1 Å². The molecule has 0 saturated carbocycles. The fourth-order valence-corrected chi connectivity index (χ4v) is 2.55. The van der Waals surface area contributed by atoms with E-state index in [0.717, 1.165) is 0 Å². The van der Waals surface area contributed by atoms with Gasteiger partial charge in [-0.25, -0.2) is 4.39 Å². The zero-order chi connectivity index (χ0) is 20.1. The van der Waals surface area contributed by atoms with Gasteiger partial charge in [0.05, 0.1) is 0 Å². The van der Waals surface area contributed by atoms with Crippen molar-refractivity contribution in [1.29, 1.82) is 0 Å². The van der Waals surface area contributed by atoms with Crippen molar-refractivity contribution in [2.45, 2.75) is 0 Å². The largest absolute Gasteiger partial charge is 0.483 e. The molecule has 7 nitrogen and oxygen atoms in total. The normalized spacial score (nSPS) is 13.5. The third kappa shape index (κ3) is 4.77. The van der Waals surface area contributed by atoms with E-state index < -0.39 is 23.5 Å². The van der Waals surface area contributed by atoms with Crippen molar-refractivity contribution >= 4 is 46.8 Å². The highest BCUT2D eigenvalue weighted by molar-refractivity contribution is 7.80. The zero-order valence-electron chi connectivity index (χ0n) is 14.3. The van der Waals surface area contributed by atoms with Crippen LogP contribution in [-0.2, 0) is 14.4 Å². The average Bonchev–Trinajstić information content (AvgIpc) is 2.65. The highest BCUT2D eigenvalue weighted by Gasteiger charge is 2.26. The summed E-state index contributed by atoms with van der Waals surface area (Å²) in [5.41, 5.74) is 0.725. The molecular formula is C19H14FN3O4S. The number of amides is 3. The van der Waals surface area contributed by atoms with E-state index in [1.54, 1.807) is 24.3 Å². The van der Waals surface area contributed by atoms with Gasteiger partial charge in [-0.05, 0) is 48.6 Å². The van der Waals surface area contributed by atoms with Crippen molar-refractivity contribution in [3.63, 3.8) is 0 Å². The minimum atomic E-state index is -0.627. The number of ether oxygens (including phenoxy) is 1. The second-order valence-electron chi connectivity index (χ2n) is 5.68. The molecule has 142 valence electrons. The summed E-state index contributed by atoms with van der Waals surface area (Å²) in [6.07, 6.45) is 1.35. The van der Waals surface area contributed by atoms with Gasteiger partial charge in [0.25, 0.3) is 17.7 Å². The number of carbonyl (C=O) groups excluding carboxylic acids is 3. The number of rotatable bonds is 5. The van der Waals surface area contributed by atoms with Gasteiger partial charge in [-0.15, -0.1) is 0 Å². The Bertz CT molecular complexity index is 967. The first-order chi connectivity index (χ1) is 13.4. The number of benzene rings is 2. The second-order valence-corrected chi connectivity index (χ2v) is 6.09. The molecule has 0 radical (unpaired) electrons. The zero-order valence-corrected chi connectivity index (χ0v) is 15.1. The molecular weight excluding hydrogens is 385 g/mol. The topological polar surface area (TPSA) is 96.5 Å². The molecule has 0 unspecified atom stereocenters. The number of halogens is 1. The summed E-state index contributed by atoms with van der Waals surface area (Å²) >= 11 is 4.75. The summed E-state index contributed by atoms with van der Waals surface area (Å²) in [6.45, 7) is -0.319. The lowest BCUT2D eigenvalue weighted by molar-refractivity contribution is -0.123. The van der Waals surface area contributed by atoms with Gasteiger partial charge in [-0.1, -0.05) is 18.2 Å². The van der Waals surface area contributed by atoms with E-state index in [0.29, 0.717) is 17.0 Å². The van der Waals surface area contributed by atoms with Gasteiger partial charge in [0.15, 0.2) is 11.7 Å². The molecule has 2 aromatic carbocycles. The maximum absolute atomic E-state index is 12.9. The van der Waals surface area contributed by atoms with Crippen LogP contribution in [0.5, 0.6) is 5.75 Å². The van der Waals surface area contributed by atoms with Crippen molar-refractivity contribution < 1.29 is 23.5 Å². The number of carbonyl (C=O) groups is 3. The van der Waals surface area contributed by atoms with Crippen LogP contribution in [0, 0.1) is 5.82 Å². The Hall–Kier alpha value is -3.59. The van der Waals surface area contributed by atoms with Crippen LogP contribution >= 0.6 is 12.2 Å². The first kappa shape index (κ1) is 19.2. The first-order valence-electron chi connectivity index (χ1n) is 8.08. The number of nitrogens with one attached hydrogen (secondary N) is 3. The molecule has 1 fully saturated rings. The van der Waals surface area contributed by atoms with E-state index in [-0.39, 0.29) is 17.3 Å². The predicted molar refractivity (Wildman–Crippen MR) is 104 cm³/mol. The van der Waals surface area contributed by atoms with Gasteiger partial charge >= 0.3 is 0 Å². The molecule has 0 aromatic heterocycles. The van der Waals surface area contributed by atoms with Crippen LogP contribution < -0.4 is 20.7 Å². The van der Waals surface area contributed by atoms with E-state index in [1.165, 1.54) is 30.3 Å². The third-order valence-electron chi connectivity index (χ3n) is 3.65. The van der Waals surface area contributed by atoms with Crippen molar-refractivity contribution in [3.8, 4) is 5.75 Å². The SMILES string of the molecule is O=C(COc1ccccc1C=C1C(=O)NC(=S)NC1=O)Nc1ccc(F)cc1. The summed E-state index contributed by atoms with van der Waals surface area (Å²) in [6, 6.07) is 11.9. The van der Waals surface area contributed by atoms with Crippen molar-refractivity contribution in [2.24, 2.45) is 0 Å². The summed E-state index contributed by atoms with van der Waals surface area (Å²) < 4.78 is 18.4. The van der Waals surface area contributed by atoms with E-state index in [4.69, 9.17) is 17.0 Å². The Morgan fingerprint density at radius 2 is 1.71 bits per heavy atom. The fraction of sp³-hybridized carbons (Fsp3) is 0.0526. The summed E-state index contributed by atoms with van der Waals surface area (Å²) in [4.78, 5) is 36.0. The van der Waals surface area contributed by atoms with Gasteiger partial charge in [0.1, 0.15) is 17.1 Å². The molecule has 3 N–H and O–H groups in total. The van der Waals surface area contributed by atoms with Crippen LogP contribution in [0.1, 0.15) is 5.56 Å². The van der Waals surface area contributed by atoms with Crippen molar-refractivity contribution in [2.75, 3.05) is 11.9 Å². The van der Waals surface area contributed by atoms with Gasteiger partial charge < -0.3 is 10.1 Å². The van der Waals surface area contributed by atoms with E-state index in [1.807, 2.05) is 0 Å². The Morgan fingerprint density at radius 1 is 1.07 bits per heavy atom. The average molecular weight is 399 g/mol. The lowest BCUT2D eigenvalue weighted by Crippen LogP contribution is -2.51. The Morgan fingerprint density at radius 3 is 2.39 bits per heavy atom. The molecule has 0 spiro atoms. The van der Waals surface area contributed by atoms with E-state index >= 15 is 0 Å². The predicted octanol–water partition coefficient (Wildman–Crippen LogP) is 1.76. The quantitative estimate of drug-likeness (QED) is 0.405. The van der Waals surface area contributed by atoms with Crippen LogP contribution in [0.3, 0.4) is 0 Å². The molecule has 2 aromatic rings. The Balaban J connectivity index is 1.70. The number of hydrogen-bond donors (Lipinski definition) is 3. The maximum atomic E-state index is 12.9. The molecule has 9 heteroatoms.